The van der Waals surface area contributed by atoms with Gasteiger partial charge in [-0.3, -0.25) is 9.89 Å². The number of hydrogen-bond donors (Lipinski definition) is 1. The van der Waals surface area contributed by atoms with Crippen molar-refractivity contribution in [3.05, 3.63) is 76.3 Å². The monoisotopic (exact) mass is 416 g/mol. The number of aromatic amines is 1. The van der Waals surface area contributed by atoms with Crippen LogP contribution in [0, 0.1) is 5.82 Å². The van der Waals surface area contributed by atoms with Gasteiger partial charge in [0.1, 0.15) is 11.6 Å². The Morgan fingerprint density at radius 1 is 1.21 bits per heavy atom. The number of hydrogen-bond acceptors (Lipinski definition) is 4. The highest BCUT2D eigenvalue weighted by atomic mass is 35.5. The zero-order chi connectivity index (χ0) is 19.9. The summed E-state index contributed by atoms with van der Waals surface area (Å²) in [6, 6.07) is 14.3. The van der Waals surface area contributed by atoms with E-state index in [1.807, 2.05) is 42.5 Å². The van der Waals surface area contributed by atoms with Gasteiger partial charge in [-0.15, -0.1) is 5.10 Å². The van der Waals surface area contributed by atoms with E-state index in [0.29, 0.717) is 21.6 Å². The van der Waals surface area contributed by atoms with Gasteiger partial charge in [-0.1, -0.05) is 65.8 Å². The molecule has 0 aliphatic carbocycles. The maximum Gasteiger partial charge on any atom is 0.233 e. The van der Waals surface area contributed by atoms with E-state index in [9.17, 15) is 9.18 Å². The highest BCUT2D eigenvalue weighted by Gasteiger charge is 2.15. The van der Waals surface area contributed by atoms with Gasteiger partial charge in [0.2, 0.25) is 11.1 Å². The Balaban J connectivity index is 1.53. The second kappa shape index (κ2) is 9.52. The van der Waals surface area contributed by atoms with Crippen LogP contribution in [0.15, 0.2) is 53.7 Å². The Hall–Kier alpha value is -2.64. The number of benzene rings is 2. The molecule has 144 valence electrons. The van der Waals surface area contributed by atoms with Gasteiger partial charge in [-0.2, -0.15) is 0 Å². The van der Waals surface area contributed by atoms with Crippen molar-refractivity contribution in [2.75, 3.05) is 12.8 Å². The van der Waals surface area contributed by atoms with Crippen LogP contribution in [0.4, 0.5) is 4.39 Å². The highest BCUT2D eigenvalue weighted by molar-refractivity contribution is 7.99. The topological polar surface area (TPSA) is 61.9 Å². The summed E-state index contributed by atoms with van der Waals surface area (Å²) >= 11 is 7.23. The molecule has 0 fully saturated rings. The average Bonchev–Trinajstić information content (AvgIpc) is 3.16. The van der Waals surface area contributed by atoms with Crippen molar-refractivity contribution in [3.63, 3.8) is 0 Å². The molecule has 3 rings (SSSR count). The predicted molar refractivity (Wildman–Crippen MR) is 110 cm³/mol. The first kappa shape index (κ1) is 20.1. The van der Waals surface area contributed by atoms with Gasteiger partial charge >= 0.3 is 0 Å². The molecule has 1 amide bonds. The second-order valence-corrected chi connectivity index (χ2v) is 7.34. The molecule has 5 nitrogen and oxygen atoms in total. The quantitative estimate of drug-likeness (QED) is 0.575. The molecule has 3 aromatic rings. The number of H-pyrrole nitrogens is 1. The summed E-state index contributed by atoms with van der Waals surface area (Å²) in [6.45, 7) is 0.101. The predicted octanol–water partition coefficient (Wildman–Crippen LogP) is 4.52. The second-order valence-electron chi connectivity index (χ2n) is 5.99. The molecule has 1 heterocycles. The lowest BCUT2D eigenvalue weighted by molar-refractivity contribution is -0.127. The van der Waals surface area contributed by atoms with Crippen molar-refractivity contribution in [3.8, 4) is 0 Å². The van der Waals surface area contributed by atoms with Crippen LogP contribution in [0.1, 0.15) is 17.0 Å². The van der Waals surface area contributed by atoms with Crippen LogP contribution in [0.3, 0.4) is 0 Å². The molecule has 8 heteroatoms. The molecule has 1 aromatic heterocycles. The SMILES string of the molecule is CN(Cc1c(F)cccc1Cl)C(=O)CSc1n[nH]c(/C=C/c2ccccc2)n1. The van der Waals surface area contributed by atoms with Crippen LogP contribution < -0.4 is 0 Å². The fourth-order valence-corrected chi connectivity index (χ4v) is 3.35. The molecule has 2 aromatic carbocycles. The molecular weight excluding hydrogens is 399 g/mol. The third kappa shape index (κ3) is 5.43. The lowest BCUT2D eigenvalue weighted by Crippen LogP contribution is -2.28. The number of carbonyl (C=O) groups excluding carboxylic acids is 1. The lowest BCUT2D eigenvalue weighted by Gasteiger charge is -2.18. The third-order valence-corrected chi connectivity index (χ3v) is 5.11. The maximum absolute atomic E-state index is 13.9. The summed E-state index contributed by atoms with van der Waals surface area (Å²) in [4.78, 5) is 18.1. The first-order valence-electron chi connectivity index (χ1n) is 8.48. The van der Waals surface area contributed by atoms with Crippen LogP contribution in [-0.4, -0.2) is 38.8 Å². The van der Waals surface area contributed by atoms with E-state index in [1.54, 1.807) is 13.1 Å². The first-order valence-corrected chi connectivity index (χ1v) is 9.84. The lowest BCUT2D eigenvalue weighted by atomic mass is 10.2. The molecule has 0 bridgehead atoms. The Kier molecular flexibility index (Phi) is 6.84. The fourth-order valence-electron chi connectivity index (χ4n) is 2.38. The maximum atomic E-state index is 13.9. The number of nitrogens with zero attached hydrogens (tertiary/aromatic N) is 3. The Morgan fingerprint density at radius 2 is 2.00 bits per heavy atom. The van der Waals surface area contributed by atoms with Crippen molar-refractivity contribution >= 4 is 41.4 Å². The minimum atomic E-state index is -0.427. The molecule has 1 N–H and O–H groups in total. The van der Waals surface area contributed by atoms with Gasteiger partial charge in [-0.05, 0) is 23.8 Å². The number of rotatable bonds is 7. The molecule has 0 unspecified atom stereocenters. The largest absolute Gasteiger partial charge is 0.341 e. The van der Waals surface area contributed by atoms with Crippen LogP contribution in [0.5, 0.6) is 0 Å². The number of thioether (sulfide) groups is 1. The van der Waals surface area contributed by atoms with Gasteiger partial charge in [0.15, 0.2) is 0 Å². The highest BCUT2D eigenvalue weighted by Crippen LogP contribution is 2.21. The Labute approximate surface area is 171 Å². The van der Waals surface area contributed by atoms with E-state index in [0.717, 1.165) is 5.56 Å². The molecule has 0 saturated carbocycles. The van der Waals surface area contributed by atoms with Crippen molar-refractivity contribution in [1.29, 1.82) is 0 Å². The summed E-state index contributed by atoms with van der Waals surface area (Å²) in [5, 5.41) is 7.69. The van der Waals surface area contributed by atoms with E-state index in [4.69, 9.17) is 11.6 Å². The number of nitrogens with one attached hydrogen (secondary N) is 1. The number of amides is 1. The summed E-state index contributed by atoms with van der Waals surface area (Å²) < 4.78 is 13.9. The molecule has 0 saturated heterocycles. The van der Waals surface area contributed by atoms with Gasteiger partial charge in [-0.25, -0.2) is 9.37 Å². The minimum Gasteiger partial charge on any atom is -0.341 e. The molecular formula is C20H18ClFN4OS. The van der Waals surface area contributed by atoms with Gasteiger partial charge in [0, 0.05) is 24.2 Å². The summed E-state index contributed by atoms with van der Waals surface area (Å²) in [5.41, 5.74) is 1.35. The summed E-state index contributed by atoms with van der Waals surface area (Å²) in [7, 11) is 1.61. The van der Waals surface area contributed by atoms with E-state index < -0.39 is 5.82 Å². The summed E-state index contributed by atoms with van der Waals surface area (Å²) in [6.07, 6.45) is 3.74. The zero-order valence-corrected chi connectivity index (χ0v) is 16.7. The van der Waals surface area contributed by atoms with Crippen LogP contribution in [0.2, 0.25) is 5.02 Å². The van der Waals surface area contributed by atoms with Crippen molar-refractivity contribution in [1.82, 2.24) is 20.1 Å². The van der Waals surface area contributed by atoms with Gasteiger partial charge < -0.3 is 4.90 Å². The Bertz CT molecular complexity index is 957. The van der Waals surface area contributed by atoms with E-state index in [-0.39, 0.29) is 18.2 Å². The van der Waals surface area contributed by atoms with E-state index in [2.05, 4.69) is 15.2 Å². The normalized spacial score (nSPS) is 11.1. The van der Waals surface area contributed by atoms with Crippen LogP contribution in [-0.2, 0) is 11.3 Å². The number of halogens is 2. The number of aromatic nitrogens is 3. The first-order chi connectivity index (χ1) is 13.5. The van der Waals surface area contributed by atoms with E-state index in [1.165, 1.54) is 28.8 Å². The minimum absolute atomic E-state index is 0.101. The average molecular weight is 417 g/mol. The fraction of sp³-hybridized carbons (Fsp3) is 0.150. The Morgan fingerprint density at radius 3 is 2.75 bits per heavy atom. The zero-order valence-electron chi connectivity index (χ0n) is 15.1. The molecule has 0 spiro atoms. The number of carbonyl (C=O) groups is 1. The van der Waals surface area contributed by atoms with Gasteiger partial charge in [0.05, 0.1) is 5.75 Å². The van der Waals surface area contributed by atoms with Crippen molar-refractivity contribution < 1.29 is 9.18 Å². The van der Waals surface area contributed by atoms with Crippen molar-refractivity contribution in [2.45, 2.75) is 11.7 Å². The summed E-state index contributed by atoms with van der Waals surface area (Å²) in [5.74, 6) is 0.145. The standard InChI is InChI=1S/C20H18ClFN4OS/c1-26(12-15-16(21)8-5-9-17(15)22)19(27)13-28-20-23-18(24-25-20)11-10-14-6-3-2-4-7-14/h2-11H,12-13H2,1H3,(H,23,24,25)/b11-10+. The molecule has 0 aliphatic heterocycles. The molecule has 0 aliphatic rings. The van der Waals surface area contributed by atoms with Crippen molar-refractivity contribution in [2.24, 2.45) is 0 Å². The van der Waals surface area contributed by atoms with Gasteiger partial charge in [0.25, 0.3) is 0 Å². The van der Waals surface area contributed by atoms with E-state index >= 15 is 0 Å². The molecule has 0 atom stereocenters. The molecule has 0 radical (unpaired) electrons. The third-order valence-electron chi connectivity index (χ3n) is 3.92. The van der Waals surface area contributed by atoms with Crippen LogP contribution in [0.25, 0.3) is 12.2 Å². The molecule has 28 heavy (non-hydrogen) atoms. The smallest absolute Gasteiger partial charge is 0.233 e. The van der Waals surface area contributed by atoms with Crippen LogP contribution >= 0.6 is 23.4 Å².